The third-order valence-electron chi connectivity index (χ3n) is 3.18. The lowest BCUT2D eigenvalue weighted by atomic mass is 10.1. The van der Waals surface area contributed by atoms with Gasteiger partial charge in [-0.05, 0) is 44.9 Å². The van der Waals surface area contributed by atoms with Gasteiger partial charge in [-0.1, -0.05) is 11.6 Å². The summed E-state index contributed by atoms with van der Waals surface area (Å²) < 4.78 is 5.90. The summed E-state index contributed by atoms with van der Waals surface area (Å²) in [4.78, 5) is 0. The number of hydrogen-bond donors (Lipinski definition) is 1. The first-order valence-electron chi connectivity index (χ1n) is 6.11. The van der Waals surface area contributed by atoms with Crippen molar-refractivity contribution < 1.29 is 4.74 Å². The monoisotopic (exact) mass is 264 g/mol. The van der Waals surface area contributed by atoms with E-state index in [0.29, 0.717) is 17.1 Å². The van der Waals surface area contributed by atoms with Gasteiger partial charge in [0.25, 0.3) is 0 Å². The molecule has 1 aromatic carbocycles. The van der Waals surface area contributed by atoms with E-state index in [1.165, 1.54) is 0 Å². The van der Waals surface area contributed by atoms with Crippen LogP contribution in [0.2, 0.25) is 5.02 Å². The first kappa shape index (κ1) is 13.2. The first-order valence-corrected chi connectivity index (χ1v) is 6.49. The summed E-state index contributed by atoms with van der Waals surface area (Å²) in [7, 11) is 0. The lowest BCUT2D eigenvalue weighted by Gasteiger charge is -2.20. The van der Waals surface area contributed by atoms with Crippen molar-refractivity contribution in [3.63, 3.8) is 0 Å². The number of benzene rings is 1. The molecule has 1 heterocycles. The fraction of sp³-hybridized carbons (Fsp3) is 0.500. The maximum absolute atomic E-state index is 9.02. The van der Waals surface area contributed by atoms with Gasteiger partial charge in [-0.3, -0.25) is 0 Å². The van der Waals surface area contributed by atoms with E-state index in [1.807, 2.05) is 0 Å². The van der Waals surface area contributed by atoms with Gasteiger partial charge in [-0.2, -0.15) is 5.26 Å². The molecular weight excluding hydrogens is 248 g/mol. The highest BCUT2D eigenvalue weighted by molar-refractivity contribution is 6.30. The van der Waals surface area contributed by atoms with Crippen molar-refractivity contribution in [3.05, 3.63) is 28.8 Å². The Bertz CT molecular complexity index is 479. The van der Waals surface area contributed by atoms with Crippen LogP contribution in [0.3, 0.4) is 0 Å². The van der Waals surface area contributed by atoms with Gasteiger partial charge in [0.05, 0.1) is 23.0 Å². The minimum Gasteiger partial charge on any atom is -0.381 e. The second kappa shape index (κ2) is 5.17. The van der Waals surface area contributed by atoms with E-state index in [0.717, 1.165) is 18.5 Å². The molecule has 0 radical (unpaired) electrons. The number of halogens is 1. The molecule has 0 aromatic heterocycles. The van der Waals surface area contributed by atoms with E-state index >= 15 is 0 Å². The highest BCUT2D eigenvalue weighted by atomic mass is 35.5. The predicted octanol–water partition coefficient (Wildman–Crippen LogP) is 3.58. The van der Waals surface area contributed by atoms with Gasteiger partial charge in [0.2, 0.25) is 0 Å². The first-order chi connectivity index (χ1) is 8.50. The topological polar surface area (TPSA) is 45.0 Å². The molecule has 3 nitrogen and oxygen atoms in total. The van der Waals surface area contributed by atoms with Crippen molar-refractivity contribution in [2.45, 2.75) is 38.4 Å². The van der Waals surface area contributed by atoms with Crippen LogP contribution in [0.25, 0.3) is 0 Å². The molecule has 0 spiro atoms. The molecule has 1 atom stereocenters. The second-order valence-electron chi connectivity index (χ2n) is 5.22. The molecule has 1 unspecified atom stereocenters. The molecule has 1 fully saturated rings. The van der Waals surface area contributed by atoms with E-state index in [2.05, 4.69) is 25.2 Å². The minimum atomic E-state index is -0.0290. The van der Waals surface area contributed by atoms with E-state index in [-0.39, 0.29) is 11.7 Å². The number of rotatable bonds is 3. The van der Waals surface area contributed by atoms with E-state index < -0.39 is 0 Å². The van der Waals surface area contributed by atoms with Crippen molar-refractivity contribution in [1.82, 2.24) is 0 Å². The molecule has 0 amide bonds. The number of anilines is 1. The molecule has 1 aliphatic heterocycles. The molecule has 0 bridgehead atoms. The van der Waals surface area contributed by atoms with Crippen molar-refractivity contribution >= 4 is 17.3 Å². The number of nitrogens with zero attached hydrogens (tertiary/aromatic N) is 1. The zero-order valence-corrected chi connectivity index (χ0v) is 11.4. The molecular formula is C14H17ClN2O. The lowest BCUT2D eigenvalue weighted by molar-refractivity contribution is -0.00910. The Kier molecular flexibility index (Phi) is 3.79. The maximum atomic E-state index is 9.02. The third-order valence-corrected chi connectivity index (χ3v) is 3.41. The van der Waals surface area contributed by atoms with Crippen LogP contribution in [-0.2, 0) is 4.74 Å². The maximum Gasteiger partial charge on any atom is 0.101 e. The Morgan fingerprint density at radius 2 is 2.33 bits per heavy atom. The van der Waals surface area contributed by atoms with Crippen LogP contribution < -0.4 is 5.32 Å². The van der Waals surface area contributed by atoms with Gasteiger partial charge >= 0.3 is 0 Å². The Morgan fingerprint density at radius 3 is 2.94 bits per heavy atom. The fourth-order valence-electron chi connectivity index (χ4n) is 2.21. The predicted molar refractivity (Wildman–Crippen MR) is 72.8 cm³/mol. The van der Waals surface area contributed by atoms with Gasteiger partial charge < -0.3 is 10.1 Å². The van der Waals surface area contributed by atoms with Gasteiger partial charge in [0.1, 0.15) is 6.07 Å². The average molecular weight is 265 g/mol. The molecule has 1 saturated heterocycles. The summed E-state index contributed by atoms with van der Waals surface area (Å²) in [5, 5.41) is 12.9. The van der Waals surface area contributed by atoms with Crippen molar-refractivity contribution in [2.75, 3.05) is 11.9 Å². The summed E-state index contributed by atoms with van der Waals surface area (Å²) in [5.74, 6) is 0. The zero-order valence-electron chi connectivity index (χ0n) is 10.7. The lowest BCUT2D eigenvalue weighted by Crippen LogP contribution is -2.25. The zero-order chi connectivity index (χ0) is 13.2. The van der Waals surface area contributed by atoms with Gasteiger partial charge in [0, 0.05) is 11.6 Å². The summed E-state index contributed by atoms with van der Waals surface area (Å²) in [6.07, 6.45) is 2.31. The standard InChI is InChI=1S/C14H17ClN2O/c1-14(2)6-5-12(18-14)9-17-13-7-11(15)4-3-10(13)8-16/h3-4,7,12,17H,5-6,9H2,1-2H3. The SMILES string of the molecule is CC1(C)CCC(CNc2cc(Cl)ccc2C#N)O1. The van der Waals surface area contributed by atoms with Crippen LogP contribution in [0.1, 0.15) is 32.3 Å². The Balaban J connectivity index is 1.99. The van der Waals surface area contributed by atoms with Gasteiger partial charge in [-0.25, -0.2) is 0 Å². The summed E-state index contributed by atoms with van der Waals surface area (Å²) >= 11 is 5.93. The normalized spacial score (nSPS) is 21.6. The molecule has 0 saturated carbocycles. The van der Waals surface area contributed by atoms with E-state index in [4.69, 9.17) is 21.6 Å². The molecule has 96 valence electrons. The quantitative estimate of drug-likeness (QED) is 0.908. The number of hydrogen-bond acceptors (Lipinski definition) is 3. The molecule has 18 heavy (non-hydrogen) atoms. The van der Waals surface area contributed by atoms with Gasteiger partial charge in [-0.15, -0.1) is 0 Å². The van der Waals surface area contributed by atoms with Crippen molar-refractivity contribution in [2.24, 2.45) is 0 Å². The van der Waals surface area contributed by atoms with Crippen LogP contribution in [0.4, 0.5) is 5.69 Å². The highest BCUT2D eigenvalue weighted by Crippen LogP contribution is 2.30. The largest absolute Gasteiger partial charge is 0.381 e. The minimum absolute atomic E-state index is 0.0290. The summed E-state index contributed by atoms with van der Waals surface area (Å²) in [5.41, 5.74) is 1.36. The molecule has 4 heteroatoms. The van der Waals surface area contributed by atoms with E-state index in [9.17, 15) is 0 Å². The molecule has 1 aliphatic rings. The third kappa shape index (κ3) is 3.16. The van der Waals surface area contributed by atoms with E-state index in [1.54, 1.807) is 18.2 Å². The number of nitriles is 1. The highest BCUT2D eigenvalue weighted by Gasteiger charge is 2.31. The van der Waals surface area contributed by atoms with Crippen LogP contribution >= 0.6 is 11.6 Å². The molecule has 1 N–H and O–H groups in total. The summed E-state index contributed by atoms with van der Waals surface area (Å²) in [6.45, 7) is 4.92. The van der Waals surface area contributed by atoms with Gasteiger partial charge in [0.15, 0.2) is 0 Å². The van der Waals surface area contributed by atoms with Crippen LogP contribution in [-0.4, -0.2) is 18.2 Å². The molecule has 2 rings (SSSR count). The van der Waals surface area contributed by atoms with Crippen molar-refractivity contribution in [1.29, 1.82) is 5.26 Å². The smallest absolute Gasteiger partial charge is 0.101 e. The summed E-state index contributed by atoms with van der Waals surface area (Å²) in [6, 6.07) is 7.38. The fourth-order valence-corrected chi connectivity index (χ4v) is 2.38. The van der Waals surface area contributed by atoms with Crippen LogP contribution in [0, 0.1) is 11.3 Å². The second-order valence-corrected chi connectivity index (χ2v) is 5.66. The Labute approximate surface area is 113 Å². The Morgan fingerprint density at radius 1 is 1.56 bits per heavy atom. The molecule has 0 aliphatic carbocycles. The molecule has 1 aromatic rings. The number of ether oxygens (including phenoxy) is 1. The van der Waals surface area contributed by atoms with Crippen LogP contribution in [0.15, 0.2) is 18.2 Å². The van der Waals surface area contributed by atoms with Crippen LogP contribution in [0.5, 0.6) is 0 Å². The number of nitrogens with one attached hydrogen (secondary N) is 1. The average Bonchev–Trinajstić information content (AvgIpc) is 2.66. The van der Waals surface area contributed by atoms with Crippen molar-refractivity contribution in [3.8, 4) is 6.07 Å². The Hall–Kier alpha value is -1.24.